The molecule has 4 nitrogen and oxygen atoms in total. The lowest BCUT2D eigenvalue weighted by molar-refractivity contribution is -0.143. The number of carbonyl (C=O) groups is 1. The maximum atomic E-state index is 13.2. The number of benzene rings is 2. The van der Waals surface area contributed by atoms with Gasteiger partial charge in [-0.15, -0.1) is 0 Å². The van der Waals surface area contributed by atoms with E-state index in [0.29, 0.717) is 29.0 Å². The summed E-state index contributed by atoms with van der Waals surface area (Å²) < 4.78 is 97.3. The van der Waals surface area contributed by atoms with Crippen LogP contribution in [0.4, 0.5) is 30.7 Å². The Morgan fingerprint density at radius 1 is 0.938 bits per heavy atom. The third-order valence-corrected chi connectivity index (χ3v) is 5.07. The molecule has 0 saturated heterocycles. The third kappa shape index (κ3) is 4.19. The second-order valence-electron chi connectivity index (χ2n) is 7.22. The van der Waals surface area contributed by atoms with Gasteiger partial charge in [0.1, 0.15) is 5.82 Å². The van der Waals surface area contributed by atoms with Crippen molar-refractivity contribution in [2.45, 2.75) is 25.3 Å². The van der Waals surface area contributed by atoms with E-state index in [9.17, 15) is 35.5 Å². The summed E-state index contributed by atoms with van der Waals surface area (Å²) in [5.41, 5.74) is -2.42. The SMILES string of the molecule is O=C(c1cc(C(F)(F)F)cc(C(F)(F)F)c1)N1CCc2noc(-c3ccc(F)cc3)c2C1. The van der Waals surface area contributed by atoms with E-state index in [2.05, 4.69) is 5.16 Å². The Hall–Kier alpha value is -3.37. The number of halogens is 7. The van der Waals surface area contributed by atoms with Gasteiger partial charge in [0.05, 0.1) is 23.4 Å². The van der Waals surface area contributed by atoms with Gasteiger partial charge in [-0.25, -0.2) is 4.39 Å². The normalized spacial score (nSPS) is 14.4. The van der Waals surface area contributed by atoms with Crippen LogP contribution in [-0.4, -0.2) is 22.5 Å². The van der Waals surface area contributed by atoms with Gasteiger partial charge in [0.15, 0.2) is 5.76 Å². The molecule has 0 fully saturated rings. The van der Waals surface area contributed by atoms with Crippen LogP contribution >= 0.6 is 0 Å². The smallest absolute Gasteiger partial charge is 0.356 e. The van der Waals surface area contributed by atoms with Crippen molar-refractivity contribution in [3.05, 3.63) is 76.2 Å². The van der Waals surface area contributed by atoms with Gasteiger partial charge in [0, 0.05) is 29.7 Å². The molecule has 32 heavy (non-hydrogen) atoms. The molecule has 0 unspecified atom stereocenters. The van der Waals surface area contributed by atoms with Crippen LogP contribution in [0.1, 0.15) is 32.7 Å². The molecule has 4 rings (SSSR count). The molecule has 0 spiro atoms. The summed E-state index contributed by atoms with van der Waals surface area (Å²) in [6.07, 6.45) is -9.93. The monoisotopic (exact) mass is 458 g/mol. The molecule has 0 radical (unpaired) electrons. The first-order valence-corrected chi connectivity index (χ1v) is 9.25. The van der Waals surface area contributed by atoms with Gasteiger partial charge in [-0.2, -0.15) is 26.3 Å². The molecule has 0 bridgehead atoms. The van der Waals surface area contributed by atoms with Gasteiger partial charge in [0.25, 0.3) is 5.91 Å². The number of alkyl halides is 6. The largest absolute Gasteiger partial charge is 0.416 e. The number of hydrogen-bond donors (Lipinski definition) is 0. The van der Waals surface area contributed by atoms with Crippen LogP contribution in [0.25, 0.3) is 11.3 Å². The minimum Gasteiger partial charge on any atom is -0.356 e. The van der Waals surface area contributed by atoms with E-state index < -0.39 is 40.8 Å². The van der Waals surface area contributed by atoms with Crippen molar-refractivity contribution in [1.29, 1.82) is 0 Å². The van der Waals surface area contributed by atoms with Crippen molar-refractivity contribution in [2.75, 3.05) is 6.54 Å². The Bertz CT molecular complexity index is 1130. The van der Waals surface area contributed by atoms with E-state index >= 15 is 0 Å². The summed E-state index contributed by atoms with van der Waals surface area (Å²) in [6, 6.07) is 6.02. The molecular formula is C21H13F7N2O2. The van der Waals surface area contributed by atoms with Crippen LogP contribution in [0.15, 0.2) is 47.0 Å². The van der Waals surface area contributed by atoms with Crippen LogP contribution in [0.3, 0.4) is 0 Å². The molecule has 0 N–H and O–H groups in total. The van der Waals surface area contributed by atoms with Gasteiger partial charge in [-0.3, -0.25) is 4.79 Å². The Balaban J connectivity index is 1.68. The topological polar surface area (TPSA) is 46.3 Å². The van der Waals surface area contributed by atoms with Gasteiger partial charge >= 0.3 is 12.4 Å². The summed E-state index contributed by atoms with van der Waals surface area (Å²) in [4.78, 5) is 14.0. The zero-order valence-electron chi connectivity index (χ0n) is 16.0. The third-order valence-electron chi connectivity index (χ3n) is 5.07. The lowest BCUT2D eigenvalue weighted by atomic mass is 9.99. The minimum absolute atomic E-state index is 0.0266. The first-order valence-electron chi connectivity index (χ1n) is 9.25. The highest BCUT2D eigenvalue weighted by Crippen LogP contribution is 2.37. The van der Waals surface area contributed by atoms with E-state index in [1.54, 1.807) is 0 Å². The molecule has 0 aliphatic carbocycles. The summed E-state index contributed by atoms with van der Waals surface area (Å²) in [5, 5.41) is 3.91. The number of nitrogens with zero attached hydrogens (tertiary/aromatic N) is 2. The highest BCUT2D eigenvalue weighted by Gasteiger charge is 2.38. The molecule has 168 valence electrons. The van der Waals surface area contributed by atoms with E-state index in [1.165, 1.54) is 24.3 Å². The molecule has 1 amide bonds. The van der Waals surface area contributed by atoms with Crippen LogP contribution in [-0.2, 0) is 25.3 Å². The predicted molar refractivity (Wildman–Crippen MR) is 96.8 cm³/mol. The fraction of sp³-hybridized carbons (Fsp3) is 0.238. The standard InChI is InChI=1S/C21H13F7N2O2/c22-15-3-1-11(2-4-15)18-16-10-30(6-5-17(16)29-32-18)19(31)12-7-13(20(23,24)25)9-14(8-12)21(26,27)28/h1-4,7-9H,5-6,10H2. The Morgan fingerprint density at radius 2 is 1.53 bits per heavy atom. The quantitative estimate of drug-likeness (QED) is 0.462. The highest BCUT2D eigenvalue weighted by molar-refractivity contribution is 5.95. The molecule has 0 saturated carbocycles. The number of aromatic nitrogens is 1. The van der Waals surface area contributed by atoms with Crippen molar-refractivity contribution in [3.8, 4) is 11.3 Å². The molecular weight excluding hydrogens is 445 g/mol. The second-order valence-corrected chi connectivity index (χ2v) is 7.22. The summed E-state index contributed by atoms with van der Waals surface area (Å²) in [7, 11) is 0. The van der Waals surface area contributed by atoms with Crippen molar-refractivity contribution in [3.63, 3.8) is 0 Å². The van der Waals surface area contributed by atoms with Crippen molar-refractivity contribution in [1.82, 2.24) is 10.1 Å². The molecule has 2 heterocycles. The molecule has 0 atom stereocenters. The average Bonchev–Trinajstić information content (AvgIpc) is 3.15. The lowest BCUT2D eigenvalue weighted by Crippen LogP contribution is -2.36. The Kier molecular flexibility index (Phi) is 5.22. The lowest BCUT2D eigenvalue weighted by Gasteiger charge is -2.27. The number of hydrogen-bond acceptors (Lipinski definition) is 3. The highest BCUT2D eigenvalue weighted by atomic mass is 19.4. The van der Waals surface area contributed by atoms with Crippen molar-refractivity contribution < 1.29 is 40.1 Å². The van der Waals surface area contributed by atoms with Gasteiger partial charge in [-0.05, 0) is 42.5 Å². The van der Waals surface area contributed by atoms with Crippen molar-refractivity contribution >= 4 is 5.91 Å². The fourth-order valence-corrected chi connectivity index (χ4v) is 3.47. The first-order chi connectivity index (χ1) is 14.9. The Morgan fingerprint density at radius 3 is 2.09 bits per heavy atom. The fourth-order valence-electron chi connectivity index (χ4n) is 3.47. The summed E-state index contributed by atoms with van der Waals surface area (Å²) in [6.45, 7) is -0.110. The molecule has 1 aromatic heterocycles. The van der Waals surface area contributed by atoms with Crippen LogP contribution in [0, 0.1) is 5.82 Å². The molecule has 1 aliphatic rings. The van der Waals surface area contributed by atoms with Crippen LogP contribution in [0.2, 0.25) is 0 Å². The number of carbonyl (C=O) groups excluding carboxylic acids is 1. The predicted octanol–water partition coefficient (Wildman–Crippen LogP) is 5.72. The van der Waals surface area contributed by atoms with Gasteiger partial charge in [-0.1, -0.05) is 5.16 Å². The van der Waals surface area contributed by atoms with Gasteiger partial charge in [0.2, 0.25) is 0 Å². The van der Waals surface area contributed by atoms with Gasteiger partial charge < -0.3 is 9.42 Å². The van der Waals surface area contributed by atoms with Crippen LogP contribution < -0.4 is 0 Å². The minimum atomic E-state index is -5.06. The van der Waals surface area contributed by atoms with E-state index in [-0.39, 0.29) is 31.3 Å². The second kappa shape index (κ2) is 7.64. The zero-order valence-corrected chi connectivity index (χ0v) is 16.0. The summed E-state index contributed by atoms with van der Waals surface area (Å²) in [5.74, 6) is -1.22. The first kappa shape index (κ1) is 21.8. The molecule has 1 aliphatic heterocycles. The number of rotatable bonds is 2. The molecule has 3 aromatic rings. The van der Waals surface area contributed by atoms with E-state index in [0.717, 1.165) is 4.90 Å². The van der Waals surface area contributed by atoms with Crippen molar-refractivity contribution in [2.24, 2.45) is 0 Å². The van der Waals surface area contributed by atoms with E-state index in [1.807, 2.05) is 0 Å². The average molecular weight is 458 g/mol. The molecule has 2 aromatic carbocycles. The Labute approximate surface area is 176 Å². The maximum Gasteiger partial charge on any atom is 0.416 e. The molecule has 11 heteroatoms. The summed E-state index contributed by atoms with van der Waals surface area (Å²) >= 11 is 0. The zero-order chi connectivity index (χ0) is 23.3. The number of fused-ring (bicyclic) bond motifs is 1. The van der Waals surface area contributed by atoms with Crippen LogP contribution in [0.5, 0.6) is 0 Å². The number of amides is 1. The maximum absolute atomic E-state index is 13.2. The van der Waals surface area contributed by atoms with E-state index in [4.69, 9.17) is 4.52 Å².